The fraction of sp³-hybridized carbons (Fsp3) is 0.708. The molecule has 0 bridgehead atoms. The monoisotopic (exact) mass is 408 g/mol. The molecule has 1 aromatic rings. The molecule has 0 atom stereocenters. The van der Waals surface area contributed by atoms with Crippen molar-refractivity contribution >= 4 is 5.97 Å². The van der Waals surface area contributed by atoms with Gasteiger partial charge in [-0.3, -0.25) is 0 Å². The molecule has 0 saturated heterocycles. The van der Waals surface area contributed by atoms with Crippen LogP contribution in [-0.4, -0.2) is 27.9 Å². The molecule has 1 rings (SSSR count). The van der Waals surface area contributed by atoms with Crippen LogP contribution in [0.15, 0.2) is 6.07 Å². The molecule has 1 aromatic carbocycles. The zero-order valence-corrected chi connectivity index (χ0v) is 18.3. The molecular weight excluding hydrogens is 368 g/mol. The fourth-order valence-electron chi connectivity index (χ4n) is 3.57. The van der Waals surface area contributed by atoms with Gasteiger partial charge in [-0.25, -0.2) is 4.79 Å². The van der Waals surface area contributed by atoms with E-state index in [1.165, 1.54) is 51.0 Å². The molecule has 0 spiro atoms. The van der Waals surface area contributed by atoms with E-state index >= 15 is 0 Å². The van der Waals surface area contributed by atoms with Gasteiger partial charge in [0.1, 0.15) is 11.3 Å². The number of carboxylic acids is 1. The molecule has 3 N–H and O–H groups in total. The zero-order chi connectivity index (χ0) is 21.5. The number of aromatic hydroxyl groups is 2. The normalized spacial score (nSPS) is 11.0. The van der Waals surface area contributed by atoms with Crippen molar-refractivity contribution in [3.63, 3.8) is 0 Å². The van der Waals surface area contributed by atoms with Gasteiger partial charge in [-0.15, -0.1) is 0 Å². The third-order valence-corrected chi connectivity index (χ3v) is 5.32. The maximum atomic E-state index is 11.7. The van der Waals surface area contributed by atoms with Crippen LogP contribution < -0.4 is 4.74 Å². The molecule has 5 nitrogen and oxygen atoms in total. The van der Waals surface area contributed by atoms with E-state index in [0.717, 1.165) is 38.5 Å². The number of hydrogen-bond donors (Lipinski definition) is 3. The number of rotatable bonds is 17. The lowest BCUT2D eigenvalue weighted by Crippen LogP contribution is -2.08. The predicted molar refractivity (Wildman–Crippen MR) is 117 cm³/mol. The lowest BCUT2D eigenvalue weighted by atomic mass is 10.00. The van der Waals surface area contributed by atoms with Crippen molar-refractivity contribution in [1.29, 1.82) is 0 Å². The average molecular weight is 409 g/mol. The Morgan fingerprint density at radius 1 is 0.828 bits per heavy atom. The number of carbonyl (C=O) groups is 1. The topological polar surface area (TPSA) is 87.0 Å². The summed E-state index contributed by atoms with van der Waals surface area (Å²) >= 11 is 0. The molecule has 0 fully saturated rings. The first-order chi connectivity index (χ1) is 14.0. The maximum Gasteiger partial charge on any atom is 0.343 e. The summed E-state index contributed by atoms with van der Waals surface area (Å²) in [6, 6.07) is 1.45. The highest BCUT2D eigenvalue weighted by atomic mass is 16.5. The summed E-state index contributed by atoms with van der Waals surface area (Å²) in [7, 11) is 0. The van der Waals surface area contributed by atoms with Crippen LogP contribution in [0.2, 0.25) is 0 Å². The Hall–Kier alpha value is -1.91. The van der Waals surface area contributed by atoms with Gasteiger partial charge in [0, 0.05) is 0 Å². The second-order valence-electron chi connectivity index (χ2n) is 7.90. The summed E-state index contributed by atoms with van der Waals surface area (Å²) < 4.78 is 5.84. The summed E-state index contributed by atoms with van der Waals surface area (Å²) in [6.45, 7) is 4.80. The van der Waals surface area contributed by atoms with Gasteiger partial charge < -0.3 is 20.1 Å². The van der Waals surface area contributed by atoms with Crippen molar-refractivity contribution in [2.75, 3.05) is 6.61 Å². The maximum absolute atomic E-state index is 11.7. The van der Waals surface area contributed by atoms with E-state index in [4.69, 9.17) is 4.74 Å². The van der Waals surface area contributed by atoms with Crippen LogP contribution in [0.1, 0.15) is 113 Å². The summed E-state index contributed by atoms with van der Waals surface area (Å²) in [4.78, 5) is 11.7. The number of unbranched alkanes of at least 4 members (excludes halogenated alkanes) is 11. The first kappa shape index (κ1) is 25.1. The van der Waals surface area contributed by atoms with Gasteiger partial charge in [-0.05, 0) is 30.9 Å². The third-order valence-electron chi connectivity index (χ3n) is 5.32. The highest BCUT2D eigenvalue weighted by Crippen LogP contribution is 2.40. The van der Waals surface area contributed by atoms with E-state index in [9.17, 15) is 20.1 Å². The van der Waals surface area contributed by atoms with Gasteiger partial charge in [0.05, 0.1) is 6.61 Å². The average Bonchev–Trinajstić information content (AvgIpc) is 2.69. The minimum Gasteiger partial charge on any atom is -0.504 e. The smallest absolute Gasteiger partial charge is 0.343 e. The standard InChI is InChI=1S/C24H40O5/c1-3-5-7-9-11-13-15-17-29-23-19(16-14-12-10-8-6-4-2)18-20(25)22(26)21(23)24(27)28/h18,25-26H,3-17H2,1-2H3,(H,27,28). The Labute approximate surface area is 176 Å². The molecular formula is C24H40O5. The molecule has 29 heavy (non-hydrogen) atoms. The van der Waals surface area contributed by atoms with Crippen LogP contribution in [-0.2, 0) is 6.42 Å². The second kappa shape index (κ2) is 15.0. The number of benzene rings is 1. The first-order valence-corrected chi connectivity index (χ1v) is 11.5. The SMILES string of the molecule is CCCCCCCCCOc1c(CCCCCCCC)cc(O)c(O)c1C(=O)O. The number of hydrogen-bond acceptors (Lipinski definition) is 4. The van der Waals surface area contributed by atoms with Crippen molar-refractivity contribution in [3.8, 4) is 17.2 Å². The number of phenolic OH excluding ortho intramolecular Hbond substituents is 1. The molecule has 0 aliphatic heterocycles. The van der Waals surface area contributed by atoms with E-state index in [1.54, 1.807) is 0 Å². The van der Waals surface area contributed by atoms with Crippen LogP contribution in [0, 0.1) is 0 Å². The molecule has 5 heteroatoms. The second-order valence-corrected chi connectivity index (χ2v) is 7.90. The number of phenols is 2. The Balaban J connectivity index is 2.67. The summed E-state index contributed by atoms with van der Waals surface area (Å²) in [5.74, 6) is -2.07. The van der Waals surface area contributed by atoms with Gasteiger partial charge in [-0.2, -0.15) is 0 Å². The van der Waals surface area contributed by atoms with Crippen LogP contribution in [0.5, 0.6) is 17.2 Å². The number of aromatic carboxylic acids is 1. The van der Waals surface area contributed by atoms with Crippen molar-refractivity contribution in [1.82, 2.24) is 0 Å². The van der Waals surface area contributed by atoms with Gasteiger partial charge >= 0.3 is 5.97 Å². The van der Waals surface area contributed by atoms with E-state index in [2.05, 4.69) is 13.8 Å². The van der Waals surface area contributed by atoms with E-state index in [-0.39, 0.29) is 11.3 Å². The minimum absolute atomic E-state index is 0.215. The predicted octanol–water partition coefficient (Wildman–Crippen LogP) is 6.83. The Morgan fingerprint density at radius 3 is 1.90 bits per heavy atom. The molecule has 0 amide bonds. The molecule has 0 aliphatic rings. The zero-order valence-electron chi connectivity index (χ0n) is 18.3. The van der Waals surface area contributed by atoms with Crippen LogP contribution in [0.3, 0.4) is 0 Å². The van der Waals surface area contributed by atoms with E-state index < -0.39 is 17.5 Å². The molecule has 0 unspecified atom stereocenters. The van der Waals surface area contributed by atoms with Gasteiger partial charge in [0.2, 0.25) is 0 Å². The molecule has 0 aromatic heterocycles. The van der Waals surface area contributed by atoms with Gasteiger partial charge in [0.25, 0.3) is 0 Å². The van der Waals surface area contributed by atoms with Crippen molar-refractivity contribution in [2.24, 2.45) is 0 Å². The summed E-state index contributed by atoms with van der Waals surface area (Å²) in [5, 5.41) is 29.6. The lowest BCUT2D eigenvalue weighted by Gasteiger charge is -2.16. The molecule has 0 aliphatic carbocycles. The van der Waals surface area contributed by atoms with Crippen LogP contribution in [0.4, 0.5) is 0 Å². The van der Waals surface area contributed by atoms with Gasteiger partial charge in [-0.1, -0.05) is 84.5 Å². The Morgan fingerprint density at radius 2 is 1.34 bits per heavy atom. The Bertz CT molecular complexity index is 597. The van der Waals surface area contributed by atoms with Gasteiger partial charge in [0.15, 0.2) is 11.5 Å². The highest BCUT2D eigenvalue weighted by Gasteiger charge is 2.24. The molecule has 0 saturated carbocycles. The quantitative estimate of drug-likeness (QED) is 0.194. The first-order valence-electron chi connectivity index (χ1n) is 11.5. The number of carboxylic acid groups (broad SMARTS) is 1. The molecule has 0 heterocycles. The van der Waals surface area contributed by atoms with Crippen molar-refractivity contribution in [2.45, 2.75) is 104 Å². The van der Waals surface area contributed by atoms with Crippen LogP contribution in [0.25, 0.3) is 0 Å². The summed E-state index contributed by atoms with van der Waals surface area (Å²) in [6.07, 6.45) is 15.4. The lowest BCUT2D eigenvalue weighted by molar-refractivity contribution is 0.0687. The molecule has 0 radical (unpaired) electrons. The third kappa shape index (κ3) is 9.42. The highest BCUT2D eigenvalue weighted by molar-refractivity contribution is 5.95. The van der Waals surface area contributed by atoms with Crippen LogP contribution >= 0.6 is 0 Å². The largest absolute Gasteiger partial charge is 0.504 e. The molecule has 166 valence electrons. The number of aryl methyl sites for hydroxylation is 1. The fourth-order valence-corrected chi connectivity index (χ4v) is 3.57. The minimum atomic E-state index is -1.28. The number of ether oxygens (including phenoxy) is 1. The van der Waals surface area contributed by atoms with Crippen molar-refractivity contribution in [3.05, 3.63) is 17.2 Å². The Kier molecular flexibility index (Phi) is 13.0. The summed E-state index contributed by atoms with van der Waals surface area (Å²) in [5.41, 5.74) is 0.338. The van der Waals surface area contributed by atoms with Crippen molar-refractivity contribution < 1.29 is 24.9 Å². The van der Waals surface area contributed by atoms with E-state index in [0.29, 0.717) is 18.6 Å². The van der Waals surface area contributed by atoms with E-state index in [1.807, 2.05) is 0 Å².